The summed E-state index contributed by atoms with van der Waals surface area (Å²) in [6, 6.07) is 4.84. The lowest BCUT2D eigenvalue weighted by atomic mass is 10.1. The summed E-state index contributed by atoms with van der Waals surface area (Å²) >= 11 is 5.68. The maximum atomic E-state index is 11.8. The number of benzene rings is 1. The van der Waals surface area contributed by atoms with Gasteiger partial charge in [0.2, 0.25) is 5.91 Å². The van der Waals surface area contributed by atoms with Gasteiger partial charge in [-0.3, -0.25) is 9.59 Å². The quantitative estimate of drug-likeness (QED) is 0.717. The van der Waals surface area contributed by atoms with E-state index in [-0.39, 0.29) is 18.4 Å². The van der Waals surface area contributed by atoms with Gasteiger partial charge in [0.25, 0.3) is 5.91 Å². The van der Waals surface area contributed by atoms with Gasteiger partial charge < -0.3 is 16.2 Å². The Bertz CT molecular complexity index is 487. The molecule has 0 heterocycles. The van der Waals surface area contributed by atoms with E-state index in [1.54, 1.807) is 0 Å². The smallest absolute Gasteiger partial charge is 0.326 e. The van der Waals surface area contributed by atoms with Crippen molar-refractivity contribution in [3.63, 3.8) is 0 Å². The summed E-state index contributed by atoms with van der Waals surface area (Å²) in [4.78, 5) is 33.3. The number of carboxylic acids is 1. The Kier molecular flexibility index (Phi) is 5.32. The van der Waals surface area contributed by atoms with Gasteiger partial charge in [0.1, 0.15) is 6.04 Å². The van der Waals surface area contributed by atoms with Gasteiger partial charge in [0.15, 0.2) is 0 Å². The first-order chi connectivity index (χ1) is 8.90. The number of aliphatic carboxylic acids is 1. The lowest BCUT2D eigenvalue weighted by Crippen LogP contribution is -2.41. The first kappa shape index (κ1) is 15.0. The number of hydrogen-bond acceptors (Lipinski definition) is 3. The van der Waals surface area contributed by atoms with Crippen LogP contribution in [-0.4, -0.2) is 28.9 Å². The van der Waals surface area contributed by atoms with Gasteiger partial charge in [-0.2, -0.15) is 0 Å². The average Bonchev–Trinajstić information content (AvgIpc) is 2.34. The molecule has 0 radical (unpaired) electrons. The molecule has 102 valence electrons. The molecule has 0 bridgehead atoms. The van der Waals surface area contributed by atoms with Crippen LogP contribution in [0.2, 0.25) is 5.02 Å². The summed E-state index contributed by atoms with van der Waals surface area (Å²) in [5.74, 6) is -2.39. The van der Waals surface area contributed by atoms with Crippen LogP contribution in [0.25, 0.3) is 0 Å². The molecule has 0 unspecified atom stereocenters. The summed E-state index contributed by atoms with van der Waals surface area (Å²) in [5, 5.41) is 11.7. The normalized spacial score (nSPS) is 11.6. The maximum absolute atomic E-state index is 11.8. The van der Waals surface area contributed by atoms with Gasteiger partial charge in [-0.1, -0.05) is 11.6 Å². The van der Waals surface area contributed by atoms with E-state index in [9.17, 15) is 14.4 Å². The number of amides is 2. The van der Waals surface area contributed by atoms with Crippen molar-refractivity contribution in [1.29, 1.82) is 0 Å². The standard InChI is InChI=1S/C12H13ClN2O4/c13-8-3-1-7(2-4-8)11(17)15-9(12(18)19)5-6-10(14)16/h1-4,9H,5-6H2,(H2,14,16)(H,15,17)(H,18,19)/t9-/m1/s1. The monoisotopic (exact) mass is 284 g/mol. The molecule has 0 aliphatic carbocycles. The van der Waals surface area contributed by atoms with Crippen LogP contribution in [0, 0.1) is 0 Å². The van der Waals surface area contributed by atoms with Crippen LogP contribution < -0.4 is 11.1 Å². The van der Waals surface area contributed by atoms with Crippen LogP contribution >= 0.6 is 11.6 Å². The molecule has 0 spiro atoms. The number of hydrogen-bond donors (Lipinski definition) is 3. The SMILES string of the molecule is NC(=O)CC[C@@H](NC(=O)c1ccc(Cl)cc1)C(=O)O. The Morgan fingerprint density at radius 2 is 1.84 bits per heavy atom. The van der Waals surface area contributed by atoms with Gasteiger partial charge in [-0.05, 0) is 30.7 Å². The molecule has 0 fully saturated rings. The Morgan fingerprint density at radius 1 is 1.26 bits per heavy atom. The maximum Gasteiger partial charge on any atom is 0.326 e. The minimum Gasteiger partial charge on any atom is -0.480 e. The zero-order chi connectivity index (χ0) is 14.4. The van der Waals surface area contributed by atoms with Crippen LogP contribution in [0.3, 0.4) is 0 Å². The number of nitrogens with one attached hydrogen (secondary N) is 1. The molecule has 2 amide bonds. The fourth-order valence-electron chi connectivity index (χ4n) is 1.39. The van der Waals surface area contributed by atoms with Crippen molar-refractivity contribution in [2.45, 2.75) is 18.9 Å². The Morgan fingerprint density at radius 3 is 2.32 bits per heavy atom. The van der Waals surface area contributed by atoms with Gasteiger partial charge in [0.05, 0.1) is 0 Å². The Labute approximate surface area is 114 Å². The minimum atomic E-state index is -1.22. The number of carbonyl (C=O) groups excluding carboxylic acids is 2. The van der Waals surface area contributed by atoms with Crippen LogP contribution in [-0.2, 0) is 9.59 Å². The van der Waals surface area contributed by atoms with Crippen molar-refractivity contribution in [2.75, 3.05) is 0 Å². The van der Waals surface area contributed by atoms with Crippen molar-refractivity contribution >= 4 is 29.4 Å². The molecule has 6 nitrogen and oxygen atoms in total. The van der Waals surface area contributed by atoms with E-state index in [1.807, 2.05) is 0 Å². The van der Waals surface area contributed by atoms with Crippen molar-refractivity contribution in [3.05, 3.63) is 34.9 Å². The summed E-state index contributed by atoms with van der Waals surface area (Å²) in [5.41, 5.74) is 5.23. The van der Waals surface area contributed by atoms with E-state index in [4.69, 9.17) is 22.4 Å². The Hall–Kier alpha value is -2.08. The third-order valence-corrected chi connectivity index (χ3v) is 2.64. The van der Waals surface area contributed by atoms with Crippen LogP contribution in [0.15, 0.2) is 24.3 Å². The molecular weight excluding hydrogens is 272 g/mol. The van der Waals surface area contributed by atoms with Crippen LogP contribution in [0.5, 0.6) is 0 Å². The fraction of sp³-hybridized carbons (Fsp3) is 0.250. The number of nitrogens with two attached hydrogens (primary N) is 1. The zero-order valence-corrected chi connectivity index (χ0v) is 10.7. The highest BCUT2D eigenvalue weighted by Gasteiger charge is 2.21. The highest BCUT2D eigenvalue weighted by atomic mass is 35.5. The first-order valence-electron chi connectivity index (χ1n) is 5.47. The van der Waals surface area contributed by atoms with Crippen molar-refractivity contribution in [3.8, 4) is 0 Å². The van der Waals surface area contributed by atoms with Crippen molar-refractivity contribution in [1.82, 2.24) is 5.32 Å². The summed E-state index contributed by atoms with van der Waals surface area (Å²) in [6.45, 7) is 0. The van der Waals surface area contributed by atoms with Gasteiger partial charge in [0, 0.05) is 17.0 Å². The molecule has 0 saturated carbocycles. The molecule has 0 saturated heterocycles. The zero-order valence-electron chi connectivity index (χ0n) is 9.93. The number of halogens is 1. The topological polar surface area (TPSA) is 109 Å². The van der Waals surface area contributed by atoms with Gasteiger partial charge in [-0.25, -0.2) is 4.79 Å². The third-order valence-electron chi connectivity index (χ3n) is 2.39. The molecule has 1 aromatic carbocycles. The van der Waals surface area contributed by atoms with E-state index < -0.39 is 23.8 Å². The minimum absolute atomic E-state index is 0.0516. The second kappa shape index (κ2) is 6.75. The molecule has 1 atom stereocenters. The van der Waals surface area contributed by atoms with Crippen LogP contribution in [0.4, 0.5) is 0 Å². The number of carboxylic acid groups (broad SMARTS) is 1. The van der Waals surface area contributed by atoms with E-state index >= 15 is 0 Å². The molecule has 1 aromatic rings. The molecule has 1 rings (SSSR count). The van der Waals surface area contributed by atoms with E-state index in [2.05, 4.69) is 5.32 Å². The molecule has 0 aromatic heterocycles. The Balaban J connectivity index is 2.68. The molecule has 7 heteroatoms. The first-order valence-corrected chi connectivity index (χ1v) is 5.85. The molecular formula is C12H13ClN2O4. The fourth-order valence-corrected chi connectivity index (χ4v) is 1.51. The lowest BCUT2D eigenvalue weighted by molar-refractivity contribution is -0.139. The van der Waals surface area contributed by atoms with Crippen LogP contribution in [0.1, 0.15) is 23.2 Å². The number of carbonyl (C=O) groups is 3. The van der Waals surface area contributed by atoms with E-state index in [0.29, 0.717) is 5.02 Å². The summed E-state index contributed by atoms with van der Waals surface area (Å²) in [7, 11) is 0. The molecule has 4 N–H and O–H groups in total. The second-order valence-corrected chi connectivity index (χ2v) is 4.31. The predicted molar refractivity (Wildman–Crippen MR) is 68.8 cm³/mol. The highest BCUT2D eigenvalue weighted by molar-refractivity contribution is 6.30. The summed E-state index contributed by atoms with van der Waals surface area (Å²) in [6.07, 6.45) is -0.165. The molecule has 0 aliphatic rings. The van der Waals surface area contributed by atoms with E-state index in [1.165, 1.54) is 24.3 Å². The number of rotatable bonds is 6. The second-order valence-electron chi connectivity index (χ2n) is 3.88. The van der Waals surface area contributed by atoms with Gasteiger partial charge >= 0.3 is 5.97 Å². The van der Waals surface area contributed by atoms with E-state index in [0.717, 1.165) is 0 Å². The molecule has 19 heavy (non-hydrogen) atoms. The van der Waals surface area contributed by atoms with Gasteiger partial charge in [-0.15, -0.1) is 0 Å². The highest BCUT2D eigenvalue weighted by Crippen LogP contribution is 2.10. The lowest BCUT2D eigenvalue weighted by Gasteiger charge is -2.13. The third kappa shape index (κ3) is 4.97. The summed E-state index contributed by atoms with van der Waals surface area (Å²) < 4.78 is 0. The van der Waals surface area contributed by atoms with Crippen molar-refractivity contribution in [2.24, 2.45) is 5.73 Å². The average molecular weight is 285 g/mol. The van der Waals surface area contributed by atoms with Crippen molar-refractivity contribution < 1.29 is 19.5 Å². The predicted octanol–water partition coefficient (Wildman–Crippen LogP) is 0.788. The number of primary amides is 1. The molecule has 0 aliphatic heterocycles. The largest absolute Gasteiger partial charge is 0.480 e.